The van der Waals surface area contributed by atoms with E-state index in [1.165, 1.54) is 17.7 Å². The molecule has 1 aromatic carbocycles. The molecule has 130 valence electrons. The van der Waals surface area contributed by atoms with Crippen LogP contribution in [0.15, 0.2) is 18.2 Å². The van der Waals surface area contributed by atoms with E-state index in [4.69, 9.17) is 4.74 Å². The summed E-state index contributed by atoms with van der Waals surface area (Å²) in [6, 6.07) is 5.77. The Hall–Kier alpha value is -2.04. The largest absolute Gasteiger partial charge is 0.443 e. The molecule has 3 rings (SSSR count). The van der Waals surface area contributed by atoms with Crippen molar-refractivity contribution in [3.8, 4) is 0 Å². The van der Waals surface area contributed by atoms with E-state index in [0.717, 1.165) is 17.8 Å². The number of amides is 2. The second-order valence-electron chi connectivity index (χ2n) is 8.27. The Morgan fingerprint density at radius 1 is 1.33 bits per heavy atom. The first-order chi connectivity index (χ1) is 11.1. The number of anilines is 2. The number of nitrogens with zero attached hydrogens (tertiary/aromatic N) is 1. The van der Waals surface area contributed by atoms with Gasteiger partial charge in [0, 0.05) is 6.54 Å². The van der Waals surface area contributed by atoms with Gasteiger partial charge in [-0.15, -0.1) is 0 Å². The molecule has 0 bridgehead atoms. The smallest absolute Gasteiger partial charge is 0.421 e. The normalized spacial score (nSPS) is 19.2. The van der Waals surface area contributed by atoms with Crippen LogP contribution in [0.2, 0.25) is 0 Å². The summed E-state index contributed by atoms with van der Waals surface area (Å²) in [5, 5.41) is 3.41. The molecule has 2 aliphatic rings. The summed E-state index contributed by atoms with van der Waals surface area (Å²) in [6.07, 6.45) is 1.87. The van der Waals surface area contributed by atoms with Gasteiger partial charge in [0.1, 0.15) is 5.60 Å². The topological polar surface area (TPSA) is 58.6 Å². The van der Waals surface area contributed by atoms with Crippen LogP contribution in [0.25, 0.3) is 0 Å². The molecule has 0 unspecified atom stereocenters. The number of carbonyl (C=O) groups is 2. The predicted molar refractivity (Wildman–Crippen MR) is 94.4 cm³/mol. The molecular weight excluding hydrogens is 304 g/mol. The van der Waals surface area contributed by atoms with Gasteiger partial charge in [-0.3, -0.25) is 4.79 Å². The van der Waals surface area contributed by atoms with E-state index >= 15 is 0 Å². The van der Waals surface area contributed by atoms with Crippen molar-refractivity contribution in [3.63, 3.8) is 0 Å². The van der Waals surface area contributed by atoms with Gasteiger partial charge in [0.2, 0.25) is 5.91 Å². The predicted octanol–water partition coefficient (Wildman–Crippen LogP) is 4.07. The lowest BCUT2D eigenvalue weighted by Crippen LogP contribution is -2.43. The van der Waals surface area contributed by atoms with Gasteiger partial charge in [-0.25, -0.2) is 9.69 Å². The second kappa shape index (κ2) is 5.50. The van der Waals surface area contributed by atoms with Gasteiger partial charge in [0.15, 0.2) is 0 Å². The van der Waals surface area contributed by atoms with E-state index in [1.807, 2.05) is 32.0 Å². The van der Waals surface area contributed by atoms with Crippen molar-refractivity contribution in [1.82, 2.24) is 0 Å². The van der Waals surface area contributed by atoms with Gasteiger partial charge in [-0.1, -0.05) is 12.1 Å². The number of hydrogen-bond donors (Lipinski definition) is 1. The molecule has 0 aromatic heterocycles. The first-order valence-electron chi connectivity index (χ1n) is 8.56. The van der Waals surface area contributed by atoms with Crippen molar-refractivity contribution in [3.05, 3.63) is 23.8 Å². The molecular formula is C19H26N2O3. The molecule has 5 heteroatoms. The Bertz CT molecular complexity index is 684. The number of benzene rings is 1. The zero-order chi connectivity index (χ0) is 17.7. The molecule has 0 spiro atoms. The van der Waals surface area contributed by atoms with Crippen LogP contribution in [0, 0.1) is 5.92 Å². The number of hydrogen-bond acceptors (Lipinski definition) is 4. The SMILES string of the molecule is CC(C)(C)OC(=O)N1C(=O)C(C)(C)c2cccc(NCC3CC3)c21. The maximum absolute atomic E-state index is 12.9. The second-order valence-corrected chi connectivity index (χ2v) is 8.27. The van der Waals surface area contributed by atoms with E-state index in [2.05, 4.69) is 5.32 Å². The lowest BCUT2D eigenvalue weighted by atomic mass is 9.86. The summed E-state index contributed by atoms with van der Waals surface area (Å²) in [5.41, 5.74) is 0.926. The molecule has 1 aromatic rings. The highest BCUT2D eigenvalue weighted by Gasteiger charge is 2.49. The highest BCUT2D eigenvalue weighted by atomic mass is 16.6. The van der Waals surface area contributed by atoms with Crippen molar-refractivity contribution in [1.29, 1.82) is 0 Å². The quantitative estimate of drug-likeness (QED) is 0.907. The fraction of sp³-hybridized carbons (Fsp3) is 0.579. The first-order valence-corrected chi connectivity index (χ1v) is 8.56. The maximum Gasteiger partial charge on any atom is 0.421 e. The fourth-order valence-corrected chi connectivity index (χ4v) is 2.99. The van der Waals surface area contributed by atoms with E-state index in [0.29, 0.717) is 11.6 Å². The molecule has 0 radical (unpaired) electrons. The molecule has 1 heterocycles. The number of para-hydroxylation sites is 1. The summed E-state index contributed by atoms with van der Waals surface area (Å²) in [6.45, 7) is 9.97. The van der Waals surface area contributed by atoms with E-state index < -0.39 is 17.1 Å². The minimum absolute atomic E-state index is 0.243. The summed E-state index contributed by atoms with van der Waals surface area (Å²) >= 11 is 0. The number of imide groups is 1. The Balaban J connectivity index is 1.99. The van der Waals surface area contributed by atoms with Crippen LogP contribution in [-0.2, 0) is 14.9 Å². The Kier molecular flexibility index (Phi) is 3.85. The molecule has 1 fully saturated rings. The van der Waals surface area contributed by atoms with Crippen molar-refractivity contribution < 1.29 is 14.3 Å². The van der Waals surface area contributed by atoms with Crippen LogP contribution in [0.5, 0.6) is 0 Å². The van der Waals surface area contributed by atoms with Gasteiger partial charge in [0.25, 0.3) is 0 Å². The number of ether oxygens (including phenoxy) is 1. The van der Waals surface area contributed by atoms with Crippen LogP contribution in [-0.4, -0.2) is 24.1 Å². The minimum atomic E-state index is -0.747. The molecule has 0 saturated heterocycles. The molecule has 2 amide bonds. The van der Waals surface area contributed by atoms with Gasteiger partial charge < -0.3 is 10.1 Å². The van der Waals surface area contributed by atoms with Crippen LogP contribution in [0.4, 0.5) is 16.2 Å². The zero-order valence-electron chi connectivity index (χ0n) is 15.1. The number of nitrogens with one attached hydrogen (secondary N) is 1. The number of rotatable bonds is 3. The summed E-state index contributed by atoms with van der Waals surface area (Å²) < 4.78 is 5.47. The molecule has 1 saturated carbocycles. The monoisotopic (exact) mass is 330 g/mol. The minimum Gasteiger partial charge on any atom is -0.443 e. The van der Waals surface area contributed by atoms with E-state index in [9.17, 15) is 9.59 Å². The highest BCUT2D eigenvalue weighted by Crippen LogP contribution is 2.46. The van der Waals surface area contributed by atoms with Crippen LogP contribution < -0.4 is 10.2 Å². The summed E-state index contributed by atoms with van der Waals surface area (Å²) in [7, 11) is 0. The van der Waals surface area contributed by atoms with Crippen molar-refractivity contribution in [2.24, 2.45) is 5.92 Å². The van der Waals surface area contributed by atoms with E-state index in [-0.39, 0.29) is 5.91 Å². The lowest BCUT2D eigenvalue weighted by molar-refractivity contribution is -0.121. The van der Waals surface area contributed by atoms with Crippen molar-refractivity contribution in [2.75, 3.05) is 16.8 Å². The molecule has 5 nitrogen and oxygen atoms in total. The van der Waals surface area contributed by atoms with Crippen LogP contribution in [0.3, 0.4) is 0 Å². The van der Waals surface area contributed by atoms with E-state index in [1.54, 1.807) is 20.8 Å². The fourth-order valence-electron chi connectivity index (χ4n) is 2.99. The first kappa shape index (κ1) is 16.8. The van der Waals surface area contributed by atoms with Gasteiger partial charge in [-0.2, -0.15) is 0 Å². The average molecular weight is 330 g/mol. The van der Waals surface area contributed by atoms with Gasteiger partial charge in [-0.05, 0) is 65.0 Å². The Labute approximate surface area is 143 Å². The highest BCUT2D eigenvalue weighted by molar-refractivity contribution is 6.22. The number of fused-ring (bicyclic) bond motifs is 1. The maximum atomic E-state index is 12.9. The molecule has 1 N–H and O–H groups in total. The molecule has 1 aliphatic heterocycles. The standard InChI is InChI=1S/C19H26N2O3/c1-18(2,3)24-17(23)21-15-13(19(4,5)16(21)22)7-6-8-14(15)20-11-12-9-10-12/h6-8,12,20H,9-11H2,1-5H3. The van der Waals surface area contributed by atoms with Crippen LogP contribution in [0.1, 0.15) is 53.0 Å². The zero-order valence-corrected chi connectivity index (χ0v) is 15.1. The van der Waals surface area contributed by atoms with Crippen molar-refractivity contribution in [2.45, 2.75) is 58.5 Å². The third-order valence-corrected chi connectivity index (χ3v) is 4.52. The third-order valence-electron chi connectivity index (χ3n) is 4.52. The Morgan fingerprint density at radius 2 is 2.00 bits per heavy atom. The van der Waals surface area contributed by atoms with Crippen molar-refractivity contribution >= 4 is 23.4 Å². The third kappa shape index (κ3) is 2.99. The summed E-state index contributed by atoms with van der Waals surface area (Å²) in [5.74, 6) is 0.452. The lowest BCUT2D eigenvalue weighted by Gasteiger charge is -2.25. The number of carbonyl (C=O) groups excluding carboxylic acids is 2. The summed E-state index contributed by atoms with van der Waals surface area (Å²) in [4.78, 5) is 26.8. The van der Waals surface area contributed by atoms with Gasteiger partial charge in [0.05, 0.1) is 16.8 Å². The van der Waals surface area contributed by atoms with Crippen LogP contribution >= 0.6 is 0 Å². The molecule has 24 heavy (non-hydrogen) atoms. The Morgan fingerprint density at radius 3 is 2.58 bits per heavy atom. The molecule has 0 atom stereocenters. The average Bonchev–Trinajstić information content (AvgIpc) is 3.24. The van der Waals surface area contributed by atoms with Gasteiger partial charge >= 0.3 is 6.09 Å². The molecule has 1 aliphatic carbocycles.